The summed E-state index contributed by atoms with van der Waals surface area (Å²) >= 11 is 5.17. The van der Waals surface area contributed by atoms with Gasteiger partial charge in [-0.3, -0.25) is 4.79 Å². The third-order valence-electron chi connectivity index (χ3n) is 2.92. The topological polar surface area (TPSA) is 30.2 Å². The van der Waals surface area contributed by atoms with Crippen molar-refractivity contribution in [2.75, 3.05) is 0 Å². The fourth-order valence-corrected chi connectivity index (χ4v) is 2.21. The maximum atomic E-state index is 12.4. The van der Waals surface area contributed by atoms with Crippen LogP contribution in [0, 0.1) is 4.71 Å². The molecule has 0 spiro atoms. The summed E-state index contributed by atoms with van der Waals surface area (Å²) in [7, 11) is 0. The highest BCUT2D eigenvalue weighted by Crippen LogP contribution is 2.19. The molecular formula is C16H10O2S. The van der Waals surface area contributed by atoms with Crippen LogP contribution in [0.25, 0.3) is 11.0 Å². The van der Waals surface area contributed by atoms with Gasteiger partial charge in [-0.15, -0.1) is 0 Å². The van der Waals surface area contributed by atoms with E-state index >= 15 is 0 Å². The van der Waals surface area contributed by atoms with Gasteiger partial charge in [-0.2, -0.15) is 0 Å². The molecule has 19 heavy (non-hydrogen) atoms. The van der Waals surface area contributed by atoms with Crippen LogP contribution >= 0.6 is 12.2 Å². The molecule has 0 aliphatic heterocycles. The Kier molecular flexibility index (Phi) is 2.97. The van der Waals surface area contributed by atoms with Crippen molar-refractivity contribution in [2.24, 2.45) is 0 Å². The van der Waals surface area contributed by atoms with E-state index in [2.05, 4.69) is 0 Å². The van der Waals surface area contributed by atoms with Crippen molar-refractivity contribution in [3.8, 4) is 0 Å². The van der Waals surface area contributed by atoms with Crippen LogP contribution in [-0.2, 0) is 0 Å². The summed E-state index contributed by atoms with van der Waals surface area (Å²) in [6, 6.07) is 18.4. The third kappa shape index (κ3) is 2.20. The summed E-state index contributed by atoms with van der Waals surface area (Å²) in [5, 5.41) is 0.871. The van der Waals surface area contributed by atoms with Crippen molar-refractivity contribution >= 4 is 29.0 Å². The van der Waals surface area contributed by atoms with E-state index < -0.39 is 0 Å². The van der Waals surface area contributed by atoms with E-state index in [4.69, 9.17) is 16.6 Å². The lowest BCUT2D eigenvalue weighted by atomic mass is 10.0. The molecule has 2 aromatic carbocycles. The molecule has 2 nitrogen and oxygen atoms in total. The normalized spacial score (nSPS) is 10.5. The van der Waals surface area contributed by atoms with E-state index in [-0.39, 0.29) is 10.5 Å². The largest absolute Gasteiger partial charge is 0.444 e. The molecule has 3 rings (SSSR count). The first-order valence-electron chi connectivity index (χ1n) is 5.88. The highest BCUT2D eigenvalue weighted by Gasteiger charge is 2.12. The molecule has 3 heteroatoms. The molecule has 0 aliphatic rings. The number of fused-ring (bicyclic) bond motifs is 1. The SMILES string of the molecule is O=C(c1ccccc1)c1cc2ccccc2oc1=S. The van der Waals surface area contributed by atoms with Crippen LogP contribution in [-0.4, -0.2) is 5.78 Å². The van der Waals surface area contributed by atoms with Gasteiger partial charge < -0.3 is 4.42 Å². The molecule has 0 saturated carbocycles. The third-order valence-corrected chi connectivity index (χ3v) is 3.23. The molecule has 0 saturated heterocycles. The molecule has 0 N–H and O–H groups in total. The van der Waals surface area contributed by atoms with Gasteiger partial charge in [-0.1, -0.05) is 48.5 Å². The van der Waals surface area contributed by atoms with Gasteiger partial charge in [0.25, 0.3) is 0 Å². The van der Waals surface area contributed by atoms with Gasteiger partial charge in [0.15, 0.2) is 5.78 Å². The molecule has 0 atom stereocenters. The number of rotatable bonds is 2. The smallest absolute Gasteiger partial charge is 0.202 e. The summed E-state index contributed by atoms with van der Waals surface area (Å²) in [6.07, 6.45) is 0. The van der Waals surface area contributed by atoms with E-state index in [1.807, 2.05) is 42.5 Å². The maximum Gasteiger partial charge on any atom is 0.202 e. The Bertz CT molecular complexity index is 804. The molecule has 0 bridgehead atoms. The molecule has 1 heterocycles. The molecule has 0 radical (unpaired) electrons. The van der Waals surface area contributed by atoms with Gasteiger partial charge in [-0.25, -0.2) is 0 Å². The molecule has 0 unspecified atom stereocenters. The Morgan fingerprint density at radius 3 is 2.42 bits per heavy atom. The van der Waals surface area contributed by atoms with E-state index in [0.717, 1.165) is 5.39 Å². The molecule has 0 amide bonds. The summed E-state index contributed by atoms with van der Waals surface area (Å²) in [6.45, 7) is 0. The van der Waals surface area contributed by atoms with Gasteiger partial charge in [-0.05, 0) is 24.4 Å². The Hall–Kier alpha value is -2.26. The number of para-hydroxylation sites is 1. The summed E-state index contributed by atoms with van der Waals surface area (Å²) in [4.78, 5) is 12.4. The standard InChI is InChI=1S/C16H10O2S/c17-15(11-6-2-1-3-7-11)13-10-12-8-4-5-9-14(12)18-16(13)19/h1-10H. The number of benzene rings is 2. The van der Waals surface area contributed by atoms with Crippen LogP contribution in [0.4, 0.5) is 0 Å². The Morgan fingerprint density at radius 1 is 0.947 bits per heavy atom. The van der Waals surface area contributed by atoms with Gasteiger partial charge in [0.2, 0.25) is 4.71 Å². The second kappa shape index (κ2) is 4.78. The van der Waals surface area contributed by atoms with Crippen LogP contribution in [0.2, 0.25) is 0 Å². The van der Waals surface area contributed by atoms with Crippen LogP contribution in [0.15, 0.2) is 65.1 Å². The monoisotopic (exact) mass is 266 g/mol. The first-order valence-corrected chi connectivity index (χ1v) is 6.29. The van der Waals surface area contributed by atoms with E-state index in [1.165, 1.54) is 0 Å². The van der Waals surface area contributed by atoms with E-state index in [9.17, 15) is 4.79 Å². The number of carbonyl (C=O) groups is 1. The fourth-order valence-electron chi connectivity index (χ4n) is 1.97. The van der Waals surface area contributed by atoms with Gasteiger partial charge in [0.05, 0.1) is 5.56 Å². The average molecular weight is 266 g/mol. The van der Waals surface area contributed by atoms with Crippen LogP contribution in [0.5, 0.6) is 0 Å². The molecule has 0 fully saturated rings. The number of hydrogen-bond acceptors (Lipinski definition) is 3. The number of ketones is 1. The van der Waals surface area contributed by atoms with Crippen molar-refractivity contribution in [3.63, 3.8) is 0 Å². The highest BCUT2D eigenvalue weighted by atomic mass is 32.1. The van der Waals surface area contributed by atoms with Crippen molar-refractivity contribution in [1.29, 1.82) is 0 Å². The Morgan fingerprint density at radius 2 is 1.63 bits per heavy atom. The minimum atomic E-state index is -0.111. The second-order valence-electron chi connectivity index (χ2n) is 4.18. The molecule has 3 aromatic rings. The molecule has 1 aromatic heterocycles. The lowest BCUT2D eigenvalue weighted by molar-refractivity contribution is 0.103. The zero-order valence-corrected chi connectivity index (χ0v) is 10.8. The number of carbonyl (C=O) groups excluding carboxylic acids is 1. The predicted molar refractivity (Wildman–Crippen MR) is 76.9 cm³/mol. The molecular weight excluding hydrogens is 256 g/mol. The van der Waals surface area contributed by atoms with Crippen molar-refractivity contribution < 1.29 is 9.21 Å². The number of hydrogen-bond donors (Lipinski definition) is 0. The first kappa shape index (κ1) is 11.8. The first-order chi connectivity index (χ1) is 9.25. The van der Waals surface area contributed by atoms with Crippen molar-refractivity contribution in [3.05, 3.63) is 76.5 Å². The lowest BCUT2D eigenvalue weighted by Gasteiger charge is -2.03. The summed E-state index contributed by atoms with van der Waals surface area (Å²) < 4.78 is 5.76. The predicted octanol–water partition coefficient (Wildman–Crippen LogP) is 4.39. The van der Waals surface area contributed by atoms with E-state index in [1.54, 1.807) is 18.2 Å². The Labute approximate surface area is 115 Å². The molecule has 92 valence electrons. The molecule has 0 aliphatic carbocycles. The van der Waals surface area contributed by atoms with Crippen LogP contribution in [0.1, 0.15) is 15.9 Å². The van der Waals surface area contributed by atoms with Crippen LogP contribution < -0.4 is 0 Å². The minimum absolute atomic E-state index is 0.111. The second-order valence-corrected chi connectivity index (χ2v) is 4.55. The highest BCUT2D eigenvalue weighted by molar-refractivity contribution is 7.71. The average Bonchev–Trinajstić information content (AvgIpc) is 2.47. The summed E-state index contributed by atoms with van der Waals surface area (Å²) in [5.74, 6) is -0.111. The van der Waals surface area contributed by atoms with Crippen molar-refractivity contribution in [1.82, 2.24) is 0 Å². The van der Waals surface area contributed by atoms with Crippen LogP contribution in [0.3, 0.4) is 0 Å². The van der Waals surface area contributed by atoms with Gasteiger partial charge >= 0.3 is 0 Å². The minimum Gasteiger partial charge on any atom is -0.444 e. The van der Waals surface area contributed by atoms with E-state index in [0.29, 0.717) is 16.7 Å². The zero-order chi connectivity index (χ0) is 13.2. The maximum absolute atomic E-state index is 12.4. The van der Waals surface area contributed by atoms with Crippen molar-refractivity contribution in [2.45, 2.75) is 0 Å². The fraction of sp³-hybridized carbons (Fsp3) is 0. The van der Waals surface area contributed by atoms with Gasteiger partial charge in [0, 0.05) is 10.9 Å². The lowest BCUT2D eigenvalue weighted by Crippen LogP contribution is -2.01. The Balaban J connectivity index is 2.18. The zero-order valence-electron chi connectivity index (χ0n) is 10.00. The quantitative estimate of drug-likeness (QED) is 0.509. The van der Waals surface area contributed by atoms with Gasteiger partial charge in [0.1, 0.15) is 5.58 Å². The summed E-state index contributed by atoms with van der Waals surface area (Å²) in [5.41, 5.74) is 1.73.